The molecule has 0 radical (unpaired) electrons. The molecule has 2 aliphatic heterocycles. The van der Waals surface area contributed by atoms with Crippen molar-refractivity contribution in [3.05, 3.63) is 60.2 Å². The minimum atomic E-state index is -0.0249. The van der Waals surface area contributed by atoms with Crippen LogP contribution >= 0.6 is 11.8 Å². The molecule has 1 N–H and O–H groups in total. The van der Waals surface area contributed by atoms with Crippen molar-refractivity contribution in [1.82, 2.24) is 5.32 Å². The highest BCUT2D eigenvalue weighted by atomic mass is 32.2. The van der Waals surface area contributed by atoms with Crippen molar-refractivity contribution in [2.75, 3.05) is 12.4 Å². The van der Waals surface area contributed by atoms with Gasteiger partial charge in [-0.3, -0.25) is 4.99 Å². The lowest BCUT2D eigenvalue weighted by Crippen LogP contribution is -2.43. The summed E-state index contributed by atoms with van der Waals surface area (Å²) in [5, 5.41) is 3.70. The fraction of sp³-hybridized carbons (Fsp3) is 0.316. The average molecular weight is 308 g/mol. The van der Waals surface area contributed by atoms with E-state index in [1.54, 1.807) is 0 Å². The van der Waals surface area contributed by atoms with E-state index in [4.69, 9.17) is 0 Å². The second-order valence-corrected chi connectivity index (χ2v) is 7.16. The molecule has 2 unspecified atom stereocenters. The van der Waals surface area contributed by atoms with E-state index in [-0.39, 0.29) is 4.75 Å². The Kier molecular flexibility index (Phi) is 3.77. The predicted molar refractivity (Wildman–Crippen MR) is 95.5 cm³/mol. The highest BCUT2D eigenvalue weighted by Gasteiger charge is 2.44. The quantitative estimate of drug-likeness (QED) is 0.924. The van der Waals surface area contributed by atoms with Crippen LogP contribution in [0.3, 0.4) is 0 Å². The zero-order chi connectivity index (χ0) is 14.8. The van der Waals surface area contributed by atoms with Crippen LogP contribution in [0.1, 0.15) is 18.4 Å². The second kappa shape index (κ2) is 5.90. The molecular weight excluding hydrogens is 288 g/mol. The van der Waals surface area contributed by atoms with E-state index in [9.17, 15) is 0 Å². The van der Waals surface area contributed by atoms with Gasteiger partial charge in [0.2, 0.25) is 0 Å². The normalized spacial score (nSPS) is 27.4. The molecule has 1 saturated heterocycles. The van der Waals surface area contributed by atoms with Gasteiger partial charge in [-0.05, 0) is 36.1 Å². The monoisotopic (exact) mass is 308 g/mol. The summed E-state index contributed by atoms with van der Waals surface area (Å²) < 4.78 is -0.0249. The van der Waals surface area contributed by atoms with Gasteiger partial charge < -0.3 is 5.32 Å². The Hall–Kier alpha value is -1.58. The third kappa shape index (κ3) is 2.29. The first-order valence-corrected chi connectivity index (χ1v) is 8.92. The van der Waals surface area contributed by atoms with E-state index in [0.717, 1.165) is 12.4 Å². The van der Waals surface area contributed by atoms with Gasteiger partial charge in [0.25, 0.3) is 0 Å². The lowest BCUT2D eigenvalue weighted by Gasteiger charge is -2.34. The van der Waals surface area contributed by atoms with Crippen LogP contribution in [0.2, 0.25) is 0 Å². The van der Waals surface area contributed by atoms with Crippen LogP contribution < -0.4 is 5.32 Å². The van der Waals surface area contributed by atoms with Crippen molar-refractivity contribution in [1.29, 1.82) is 0 Å². The summed E-state index contributed by atoms with van der Waals surface area (Å²) in [7, 11) is 0. The average Bonchev–Trinajstić information content (AvgIpc) is 3.28. The van der Waals surface area contributed by atoms with Gasteiger partial charge in [0.15, 0.2) is 0 Å². The van der Waals surface area contributed by atoms with Gasteiger partial charge in [0, 0.05) is 12.3 Å². The molecule has 2 atom stereocenters. The SMILES string of the molecule is C1=NCSC1(c1ccccc1-c1ccccc1)C1CCCN1. The summed E-state index contributed by atoms with van der Waals surface area (Å²) in [6.07, 6.45) is 4.68. The van der Waals surface area contributed by atoms with Gasteiger partial charge >= 0.3 is 0 Å². The molecule has 22 heavy (non-hydrogen) atoms. The first-order chi connectivity index (χ1) is 10.9. The van der Waals surface area contributed by atoms with Crippen LogP contribution in [0.25, 0.3) is 11.1 Å². The summed E-state index contributed by atoms with van der Waals surface area (Å²) in [5.41, 5.74) is 4.01. The molecule has 112 valence electrons. The van der Waals surface area contributed by atoms with Crippen molar-refractivity contribution in [3.63, 3.8) is 0 Å². The van der Waals surface area contributed by atoms with Crippen LogP contribution in [-0.4, -0.2) is 24.7 Å². The summed E-state index contributed by atoms with van der Waals surface area (Å²) in [6.45, 7) is 1.12. The maximum Gasteiger partial charge on any atom is 0.0931 e. The maximum atomic E-state index is 4.59. The van der Waals surface area contributed by atoms with Crippen LogP contribution in [-0.2, 0) is 4.75 Å². The Bertz CT molecular complexity index is 677. The number of hydrogen-bond donors (Lipinski definition) is 1. The van der Waals surface area contributed by atoms with Crippen molar-refractivity contribution in [2.45, 2.75) is 23.6 Å². The molecule has 2 aliphatic rings. The van der Waals surface area contributed by atoms with Crippen LogP contribution in [0.5, 0.6) is 0 Å². The van der Waals surface area contributed by atoms with Crippen LogP contribution in [0.15, 0.2) is 59.6 Å². The van der Waals surface area contributed by atoms with E-state index >= 15 is 0 Å². The largest absolute Gasteiger partial charge is 0.312 e. The molecule has 3 heteroatoms. The molecule has 2 heterocycles. The van der Waals surface area contributed by atoms with Crippen molar-refractivity contribution < 1.29 is 0 Å². The van der Waals surface area contributed by atoms with E-state index < -0.39 is 0 Å². The van der Waals surface area contributed by atoms with Crippen LogP contribution in [0, 0.1) is 0 Å². The third-order valence-electron chi connectivity index (χ3n) is 4.67. The zero-order valence-corrected chi connectivity index (χ0v) is 13.4. The number of benzene rings is 2. The smallest absolute Gasteiger partial charge is 0.0931 e. The van der Waals surface area contributed by atoms with Crippen molar-refractivity contribution >= 4 is 18.0 Å². The van der Waals surface area contributed by atoms with Gasteiger partial charge in [0.1, 0.15) is 0 Å². The first kappa shape index (κ1) is 14.0. The predicted octanol–water partition coefficient (Wildman–Crippen LogP) is 4.08. The molecule has 0 aliphatic carbocycles. The Labute approximate surface area is 136 Å². The van der Waals surface area contributed by atoms with Gasteiger partial charge in [-0.2, -0.15) is 0 Å². The molecule has 4 rings (SSSR count). The molecule has 2 aromatic rings. The van der Waals surface area contributed by atoms with Crippen LogP contribution in [0.4, 0.5) is 0 Å². The Morgan fingerprint density at radius 1 is 1.05 bits per heavy atom. The molecule has 2 nitrogen and oxygen atoms in total. The zero-order valence-electron chi connectivity index (χ0n) is 12.5. The number of rotatable bonds is 3. The summed E-state index contributed by atoms with van der Waals surface area (Å²) in [4.78, 5) is 4.59. The summed E-state index contributed by atoms with van der Waals surface area (Å²) >= 11 is 1.96. The lowest BCUT2D eigenvalue weighted by molar-refractivity contribution is 0.546. The first-order valence-electron chi connectivity index (χ1n) is 7.93. The number of hydrogen-bond acceptors (Lipinski definition) is 3. The van der Waals surface area contributed by atoms with Gasteiger partial charge in [-0.15, -0.1) is 11.8 Å². The van der Waals surface area contributed by atoms with E-state index in [2.05, 4.69) is 71.1 Å². The fourth-order valence-corrected chi connectivity index (χ4v) is 4.87. The second-order valence-electron chi connectivity index (χ2n) is 5.94. The van der Waals surface area contributed by atoms with E-state index in [1.165, 1.54) is 29.5 Å². The topological polar surface area (TPSA) is 24.4 Å². The molecule has 2 aromatic carbocycles. The number of nitrogens with zero attached hydrogens (tertiary/aromatic N) is 1. The molecule has 0 spiro atoms. The molecule has 0 amide bonds. The molecule has 1 fully saturated rings. The summed E-state index contributed by atoms with van der Waals surface area (Å²) in [5.74, 6) is 0.862. The molecular formula is C19H20N2S. The Balaban J connectivity index is 1.86. The van der Waals surface area contributed by atoms with Gasteiger partial charge in [-0.1, -0.05) is 54.6 Å². The van der Waals surface area contributed by atoms with Gasteiger partial charge in [-0.25, -0.2) is 0 Å². The Morgan fingerprint density at radius 3 is 2.59 bits per heavy atom. The number of aliphatic imine (C=N–C) groups is 1. The molecule has 0 saturated carbocycles. The lowest BCUT2D eigenvalue weighted by atomic mass is 9.85. The third-order valence-corrected chi connectivity index (χ3v) is 6.04. The van der Waals surface area contributed by atoms with Crippen molar-refractivity contribution in [3.8, 4) is 11.1 Å². The minimum Gasteiger partial charge on any atom is -0.312 e. The highest BCUT2D eigenvalue weighted by Crippen LogP contribution is 2.47. The highest BCUT2D eigenvalue weighted by molar-refractivity contribution is 8.01. The number of nitrogens with one attached hydrogen (secondary N) is 1. The van der Waals surface area contributed by atoms with Crippen molar-refractivity contribution in [2.24, 2.45) is 4.99 Å². The fourth-order valence-electron chi connectivity index (χ4n) is 3.62. The van der Waals surface area contributed by atoms with Gasteiger partial charge in [0.05, 0.1) is 10.6 Å². The standard InChI is InChI=1S/C19H20N2S/c1-2-7-15(8-3-1)16-9-4-5-10-17(16)19(13-20-14-22-19)18-11-6-12-21-18/h1-5,7-10,13,18,21H,6,11-12,14H2. The van der Waals surface area contributed by atoms with E-state index in [1.807, 2.05) is 11.8 Å². The Morgan fingerprint density at radius 2 is 1.86 bits per heavy atom. The maximum absolute atomic E-state index is 4.59. The molecule has 0 aromatic heterocycles. The minimum absolute atomic E-state index is 0.0249. The van der Waals surface area contributed by atoms with E-state index in [0.29, 0.717) is 6.04 Å². The number of thioether (sulfide) groups is 1. The molecule has 0 bridgehead atoms. The summed E-state index contributed by atoms with van der Waals surface area (Å²) in [6, 6.07) is 20.0.